The van der Waals surface area contributed by atoms with Crippen molar-refractivity contribution in [1.82, 2.24) is 15.0 Å². The number of nitrogens with zero attached hydrogens (tertiary/aromatic N) is 3. The number of benzene rings is 1. The van der Waals surface area contributed by atoms with Crippen LogP contribution in [0, 0.1) is 20.8 Å². The molecule has 0 saturated carbocycles. The van der Waals surface area contributed by atoms with Crippen LogP contribution in [-0.2, 0) is 0 Å². The Labute approximate surface area is 140 Å². The maximum absolute atomic E-state index is 6.16. The predicted octanol–water partition coefficient (Wildman–Crippen LogP) is 3.91. The van der Waals surface area contributed by atoms with Crippen LogP contribution < -0.4 is 15.8 Å². The SMILES string of the molecule is Cc1ccc(Oc2ncnc(Nc3ncccc3C)c2N)cc1C. The summed E-state index contributed by atoms with van der Waals surface area (Å²) in [4.78, 5) is 12.6. The zero-order chi connectivity index (χ0) is 17.1. The summed E-state index contributed by atoms with van der Waals surface area (Å²) in [6.07, 6.45) is 3.12. The number of nitrogens with two attached hydrogens (primary N) is 1. The lowest BCUT2D eigenvalue weighted by molar-refractivity contribution is 0.464. The maximum Gasteiger partial charge on any atom is 0.248 e. The minimum atomic E-state index is 0.310. The summed E-state index contributed by atoms with van der Waals surface area (Å²) in [6.45, 7) is 6.04. The Bertz CT molecular complexity index is 879. The van der Waals surface area contributed by atoms with Gasteiger partial charge in [-0.15, -0.1) is 0 Å². The van der Waals surface area contributed by atoms with Gasteiger partial charge in [-0.3, -0.25) is 0 Å². The largest absolute Gasteiger partial charge is 0.437 e. The second-order valence-electron chi connectivity index (χ2n) is 5.58. The Kier molecular flexibility index (Phi) is 4.29. The van der Waals surface area contributed by atoms with E-state index < -0.39 is 0 Å². The standard InChI is InChI=1S/C18H19N5O/c1-11-6-7-14(9-13(11)3)24-18-15(19)17(21-10-22-18)23-16-12(2)5-4-8-20-16/h4-10H,19H2,1-3H3,(H,20,21,22,23). The van der Waals surface area contributed by atoms with E-state index in [2.05, 4.69) is 27.2 Å². The highest BCUT2D eigenvalue weighted by Gasteiger charge is 2.12. The van der Waals surface area contributed by atoms with Crippen molar-refractivity contribution in [2.75, 3.05) is 11.1 Å². The molecule has 0 aliphatic heterocycles. The average Bonchev–Trinajstić information content (AvgIpc) is 2.57. The summed E-state index contributed by atoms with van der Waals surface area (Å²) in [5, 5.41) is 3.12. The van der Waals surface area contributed by atoms with Gasteiger partial charge in [0.2, 0.25) is 5.88 Å². The van der Waals surface area contributed by atoms with Crippen LogP contribution in [0.3, 0.4) is 0 Å². The molecule has 0 saturated heterocycles. The van der Waals surface area contributed by atoms with Crippen molar-refractivity contribution in [3.63, 3.8) is 0 Å². The van der Waals surface area contributed by atoms with E-state index in [0.29, 0.717) is 29.0 Å². The number of nitrogens with one attached hydrogen (secondary N) is 1. The second-order valence-corrected chi connectivity index (χ2v) is 5.58. The number of ether oxygens (including phenoxy) is 1. The Hall–Kier alpha value is -3.15. The van der Waals surface area contributed by atoms with Crippen molar-refractivity contribution in [2.24, 2.45) is 0 Å². The summed E-state index contributed by atoms with van der Waals surface area (Å²) in [6, 6.07) is 9.67. The van der Waals surface area contributed by atoms with Gasteiger partial charge in [0.1, 0.15) is 23.6 Å². The van der Waals surface area contributed by atoms with E-state index in [0.717, 1.165) is 11.1 Å². The Morgan fingerprint density at radius 1 is 0.917 bits per heavy atom. The molecular formula is C18H19N5O. The van der Waals surface area contributed by atoms with Crippen molar-refractivity contribution < 1.29 is 4.74 Å². The van der Waals surface area contributed by atoms with Gasteiger partial charge in [0.25, 0.3) is 0 Å². The van der Waals surface area contributed by atoms with E-state index in [1.54, 1.807) is 6.20 Å². The van der Waals surface area contributed by atoms with Crippen LogP contribution in [0.1, 0.15) is 16.7 Å². The minimum absolute atomic E-state index is 0.310. The summed E-state index contributed by atoms with van der Waals surface area (Å²) in [5.41, 5.74) is 9.82. The highest BCUT2D eigenvalue weighted by molar-refractivity contribution is 5.72. The lowest BCUT2D eigenvalue weighted by atomic mass is 10.1. The number of nitrogen functional groups attached to an aromatic ring is 1. The molecule has 0 radical (unpaired) electrons. The number of rotatable bonds is 4. The third kappa shape index (κ3) is 3.27. The average molecular weight is 321 g/mol. The van der Waals surface area contributed by atoms with Gasteiger partial charge in [-0.1, -0.05) is 12.1 Å². The van der Waals surface area contributed by atoms with Crippen LogP contribution in [0.2, 0.25) is 0 Å². The van der Waals surface area contributed by atoms with Gasteiger partial charge in [-0.05, 0) is 55.7 Å². The van der Waals surface area contributed by atoms with Crippen LogP contribution in [0.25, 0.3) is 0 Å². The molecule has 0 amide bonds. The topological polar surface area (TPSA) is 86.0 Å². The number of aromatic nitrogens is 3. The second kappa shape index (κ2) is 6.54. The van der Waals surface area contributed by atoms with Gasteiger partial charge in [0.05, 0.1) is 0 Å². The van der Waals surface area contributed by atoms with Gasteiger partial charge in [-0.25, -0.2) is 9.97 Å². The minimum Gasteiger partial charge on any atom is -0.437 e. The molecule has 0 unspecified atom stereocenters. The molecule has 3 N–H and O–H groups in total. The zero-order valence-electron chi connectivity index (χ0n) is 13.9. The van der Waals surface area contributed by atoms with E-state index in [1.165, 1.54) is 11.9 Å². The van der Waals surface area contributed by atoms with Gasteiger partial charge < -0.3 is 15.8 Å². The van der Waals surface area contributed by atoms with E-state index in [1.807, 2.05) is 44.2 Å². The molecule has 2 aromatic heterocycles. The smallest absolute Gasteiger partial charge is 0.248 e. The van der Waals surface area contributed by atoms with Crippen LogP contribution >= 0.6 is 0 Å². The van der Waals surface area contributed by atoms with Crippen LogP contribution in [0.5, 0.6) is 11.6 Å². The molecule has 24 heavy (non-hydrogen) atoms. The Morgan fingerprint density at radius 2 is 1.75 bits per heavy atom. The van der Waals surface area contributed by atoms with Crippen molar-refractivity contribution in [3.8, 4) is 11.6 Å². The van der Waals surface area contributed by atoms with E-state index in [4.69, 9.17) is 10.5 Å². The number of anilines is 3. The van der Waals surface area contributed by atoms with Crippen LogP contribution in [0.15, 0.2) is 42.9 Å². The zero-order valence-corrected chi connectivity index (χ0v) is 13.9. The quantitative estimate of drug-likeness (QED) is 0.757. The first-order valence-electron chi connectivity index (χ1n) is 7.59. The summed E-state index contributed by atoms with van der Waals surface area (Å²) in [5.74, 6) is 2.15. The molecule has 2 heterocycles. The van der Waals surface area contributed by atoms with Crippen molar-refractivity contribution in [2.45, 2.75) is 20.8 Å². The number of pyridine rings is 1. The molecule has 3 rings (SSSR count). The first-order valence-corrected chi connectivity index (χ1v) is 7.59. The van der Waals surface area contributed by atoms with Gasteiger partial charge in [-0.2, -0.15) is 4.98 Å². The lowest BCUT2D eigenvalue weighted by Crippen LogP contribution is -2.04. The normalized spacial score (nSPS) is 10.5. The van der Waals surface area contributed by atoms with Crippen molar-refractivity contribution in [3.05, 3.63) is 59.5 Å². The molecular weight excluding hydrogens is 302 g/mol. The summed E-state index contributed by atoms with van der Waals surface area (Å²) >= 11 is 0. The lowest BCUT2D eigenvalue weighted by Gasteiger charge is -2.13. The highest BCUT2D eigenvalue weighted by atomic mass is 16.5. The fraction of sp³-hybridized carbons (Fsp3) is 0.167. The van der Waals surface area contributed by atoms with Crippen molar-refractivity contribution in [1.29, 1.82) is 0 Å². The van der Waals surface area contributed by atoms with E-state index in [-0.39, 0.29) is 0 Å². The Morgan fingerprint density at radius 3 is 2.50 bits per heavy atom. The fourth-order valence-electron chi connectivity index (χ4n) is 2.18. The predicted molar refractivity (Wildman–Crippen MR) is 94.7 cm³/mol. The third-order valence-corrected chi connectivity index (χ3v) is 3.79. The monoisotopic (exact) mass is 321 g/mol. The molecule has 0 aliphatic rings. The molecule has 0 fully saturated rings. The third-order valence-electron chi connectivity index (χ3n) is 3.79. The molecule has 0 aliphatic carbocycles. The first kappa shape index (κ1) is 15.7. The number of hydrogen-bond acceptors (Lipinski definition) is 6. The van der Waals surface area contributed by atoms with E-state index >= 15 is 0 Å². The summed E-state index contributed by atoms with van der Waals surface area (Å²) < 4.78 is 5.82. The van der Waals surface area contributed by atoms with Crippen LogP contribution in [-0.4, -0.2) is 15.0 Å². The molecule has 6 heteroatoms. The highest BCUT2D eigenvalue weighted by Crippen LogP contribution is 2.31. The Balaban J connectivity index is 1.88. The van der Waals surface area contributed by atoms with Gasteiger partial charge in [0, 0.05) is 6.20 Å². The van der Waals surface area contributed by atoms with E-state index in [9.17, 15) is 0 Å². The van der Waals surface area contributed by atoms with Gasteiger partial charge >= 0.3 is 0 Å². The molecule has 3 aromatic rings. The molecule has 0 bridgehead atoms. The molecule has 122 valence electrons. The molecule has 0 atom stereocenters. The maximum atomic E-state index is 6.16. The van der Waals surface area contributed by atoms with Crippen LogP contribution in [0.4, 0.5) is 17.3 Å². The fourth-order valence-corrected chi connectivity index (χ4v) is 2.18. The molecule has 6 nitrogen and oxygen atoms in total. The van der Waals surface area contributed by atoms with Gasteiger partial charge in [0.15, 0.2) is 5.82 Å². The molecule has 1 aromatic carbocycles. The first-order chi connectivity index (χ1) is 11.5. The molecule has 0 spiro atoms. The number of aryl methyl sites for hydroxylation is 3. The van der Waals surface area contributed by atoms with Crippen molar-refractivity contribution >= 4 is 17.3 Å². The number of hydrogen-bond donors (Lipinski definition) is 2. The summed E-state index contributed by atoms with van der Waals surface area (Å²) in [7, 11) is 0.